The second-order valence-electron chi connectivity index (χ2n) is 7.70. The van der Waals surface area contributed by atoms with Crippen molar-refractivity contribution in [2.45, 2.75) is 51.5 Å². The monoisotopic (exact) mass is 357 g/mol. The molecule has 3 rings (SSSR count). The Balaban J connectivity index is 1.86. The zero-order chi connectivity index (χ0) is 18.0. The second-order valence-corrected chi connectivity index (χ2v) is 8.57. The fourth-order valence-corrected chi connectivity index (χ4v) is 3.74. The molecule has 1 heterocycles. The third-order valence-corrected chi connectivity index (χ3v) is 5.32. The first-order valence-electron chi connectivity index (χ1n) is 8.86. The molecule has 25 heavy (non-hydrogen) atoms. The maximum Gasteiger partial charge on any atom is 0.230 e. The Morgan fingerprint density at radius 3 is 2.68 bits per heavy atom. The minimum atomic E-state index is 0.0889. The van der Waals surface area contributed by atoms with Gasteiger partial charge in [0, 0.05) is 11.3 Å². The maximum atomic E-state index is 12.0. The second kappa shape index (κ2) is 7.24. The van der Waals surface area contributed by atoms with Crippen LogP contribution in [0.3, 0.4) is 0 Å². The van der Waals surface area contributed by atoms with Gasteiger partial charge in [-0.3, -0.25) is 4.79 Å². The lowest BCUT2D eigenvalue weighted by molar-refractivity contribution is -0.119. The van der Waals surface area contributed by atoms with Gasteiger partial charge in [0.15, 0.2) is 0 Å². The molecule has 1 atom stereocenters. The molecule has 1 aliphatic carbocycles. The lowest BCUT2D eigenvalue weighted by Gasteiger charge is -2.24. The van der Waals surface area contributed by atoms with Crippen molar-refractivity contribution in [3.63, 3.8) is 0 Å². The molecule has 2 aromatic rings. The van der Waals surface area contributed by atoms with E-state index in [1.807, 2.05) is 17.1 Å². The van der Waals surface area contributed by atoms with Crippen molar-refractivity contribution in [3.05, 3.63) is 47.3 Å². The van der Waals surface area contributed by atoms with Gasteiger partial charge in [0.2, 0.25) is 5.91 Å². The highest BCUT2D eigenvalue weighted by Crippen LogP contribution is 2.31. The lowest BCUT2D eigenvalue weighted by atomic mass is 9.87. The molecular formula is C20H27N3OS. The van der Waals surface area contributed by atoms with E-state index in [2.05, 4.69) is 55.5 Å². The standard InChI is InChI=1S/C20H27N3OS/c1-20(2,3)14-8-10-15(11-9-14)23-18-7-5-6-17(16(18)12-21-23)22-19(24)13-25-4/h8-12,17H,5-7,13H2,1-4H3,(H,22,24). The first-order chi connectivity index (χ1) is 11.9. The summed E-state index contributed by atoms with van der Waals surface area (Å²) in [6, 6.07) is 8.74. The Labute approximate surface area is 154 Å². The summed E-state index contributed by atoms with van der Waals surface area (Å²) in [7, 11) is 0. The topological polar surface area (TPSA) is 46.9 Å². The Hall–Kier alpha value is -1.75. The molecule has 1 aliphatic rings. The van der Waals surface area contributed by atoms with E-state index in [4.69, 9.17) is 0 Å². The SMILES string of the molecule is CSCC(=O)NC1CCCc2c1cnn2-c1ccc(C(C)(C)C)cc1. The van der Waals surface area contributed by atoms with Crippen LogP contribution in [0.4, 0.5) is 0 Å². The molecule has 1 aromatic carbocycles. The molecule has 1 aromatic heterocycles. The van der Waals surface area contributed by atoms with Crippen molar-refractivity contribution in [3.8, 4) is 5.69 Å². The number of nitrogens with one attached hydrogen (secondary N) is 1. The fourth-order valence-electron chi connectivity index (χ4n) is 3.40. The van der Waals surface area contributed by atoms with E-state index >= 15 is 0 Å². The molecule has 1 unspecified atom stereocenters. The number of hydrogen-bond acceptors (Lipinski definition) is 3. The molecule has 1 N–H and O–H groups in total. The summed E-state index contributed by atoms with van der Waals surface area (Å²) in [6.07, 6.45) is 6.94. The van der Waals surface area contributed by atoms with E-state index in [-0.39, 0.29) is 17.4 Å². The van der Waals surface area contributed by atoms with Crippen LogP contribution in [0.2, 0.25) is 0 Å². The highest BCUT2D eigenvalue weighted by Gasteiger charge is 2.26. The van der Waals surface area contributed by atoms with E-state index in [1.54, 1.807) is 11.8 Å². The summed E-state index contributed by atoms with van der Waals surface area (Å²) in [5, 5.41) is 7.78. The fraction of sp³-hybridized carbons (Fsp3) is 0.500. The first-order valence-corrected chi connectivity index (χ1v) is 10.3. The third-order valence-electron chi connectivity index (χ3n) is 4.77. The van der Waals surface area contributed by atoms with Crippen LogP contribution in [0, 0.1) is 0 Å². The van der Waals surface area contributed by atoms with Crippen LogP contribution in [-0.2, 0) is 16.6 Å². The Morgan fingerprint density at radius 1 is 1.32 bits per heavy atom. The van der Waals surface area contributed by atoms with Crippen molar-refractivity contribution < 1.29 is 4.79 Å². The van der Waals surface area contributed by atoms with Crippen LogP contribution in [0.15, 0.2) is 30.5 Å². The number of rotatable bonds is 4. The molecule has 134 valence electrons. The van der Waals surface area contributed by atoms with Gasteiger partial charge in [-0.1, -0.05) is 32.9 Å². The summed E-state index contributed by atoms with van der Waals surface area (Å²) >= 11 is 1.55. The van der Waals surface area contributed by atoms with Gasteiger partial charge >= 0.3 is 0 Å². The predicted octanol–water partition coefficient (Wildman–Crippen LogP) is 4.03. The number of carbonyl (C=O) groups is 1. The number of benzene rings is 1. The molecule has 5 heteroatoms. The first kappa shape index (κ1) is 18.1. The summed E-state index contributed by atoms with van der Waals surface area (Å²) < 4.78 is 2.04. The van der Waals surface area contributed by atoms with Gasteiger partial charge in [-0.25, -0.2) is 4.68 Å². The third kappa shape index (κ3) is 3.92. The smallest absolute Gasteiger partial charge is 0.230 e. The Morgan fingerprint density at radius 2 is 2.04 bits per heavy atom. The summed E-state index contributed by atoms with van der Waals surface area (Å²) in [4.78, 5) is 12.0. The van der Waals surface area contributed by atoms with Crippen molar-refractivity contribution >= 4 is 17.7 Å². The Bertz CT molecular complexity index is 743. The highest BCUT2D eigenvalue weighted by molar-refractivity contribution is 7.99. The average Bonchev–Trinajstić information content (AvgIpc) is 2.99. The molecule has 0 saturated heterocycles. The summed E-state index contributed by atoms with van der Waals surface area (Å²) in [5.41, 5.74) is 4.95. The summed E-state index contributed by atoms with van der Waals surface area (Å²) in [5.74, 6) is 0.612. The van der Waals surface area contributed by atoms with Crippen LogP contribution in [0.5, 0.6) is 0 Å². The van der Waals surface area contributed by atoms with E-state index in [0.717, 1.165) is 24.9 Å². The van der Waals surface area contributed by atoms with Gasteiger partial charge in [0.05, 0.1) is 23.7 Å². The molecular weight excluding hydrogens is 330 g/mol. The zero-order valence-electron chi connectivity index (χ0n) is 15.5. The van der Waals surface area contributed by atoms with E-state index in [0.29, 0.717) is 5.75 Å². The van der Waals surface area contributed by atoms with Gasteiger partial charge in [-0.2, -0.15) is 16.9 Å². The van der Waals surface area contributed by atoms with Gasteiger partial charge in [0.25, 0.3) is 0 Å². The lowest BCUT2D eigenvalue weighted by Crippen LogP contribution is -2.32. The molecule has 0 spiro atoms. The summed E-state index contributed by atoms with van der Waals surface area (Å²) in [6.45, 7) is 6.67. The molecule has 0 aliphatic heterocycles. The van der Waals surface area contributed by atoms with Crippen LogP contribution >= 0.6 is 11.8 Å². The number of hydrogen-bond donors (Lipinski definition) is 1. The normalized spacial score (nSPS) is 17.2. The highest BCUT2D eigenvalue weighted by atomic mass is 32.2. The largest absolute Gasteiger partial charge is 0.348 e. The van der Waals surface area contributed by atoms with E-state index in [1.165, 1.54) is 16.8 Å². The minimum absolute atomic E-state index is 0.0889. The zero-order valence-corrected chi connectivity index (χ0v) is 16.3. The molecule has 0 bridgehead atoms. The van der Waals surface area contributed by atoms with E-state index in [9.17, 15) is 4.79 Å². The maximum absolute atomic E-state index is 12.0. The van der Waals surface area contributed by atoms with Gasteiger partial charge in [0.1, 0.15) is 0 Å². The Kier molecular flexibility index (Phi) is 5.23. The van der Waals surface area contributed by atoms with Crippen LogP contribution in [0.25, 0.3) is 5.69 Å². The molecule has 1 amide bonds. The van der Waals surface area contributed by atoms with Crippen molar-refractivity contribution in [2.75, 3.05) is 12.0 Å². The molecule has 0 fully saturated rings. The molecule has 4 nitrogen and oxygen atoms in total. The van der Waals surface area contributed by atoms with E-state index < -0.39 is 0 Å². The number of nitrogens with zero attached hydrogens (tertiary/aromatic N) is 2. The van der Waals surface area contributed by atoms with Crippen molar-refractivity contribution in [1.82, 2.24) is 15.1 Å². The molecule has 0 saturated carbocycles. The number of fused-ring (bicyclic) bond motifs is 1. The number of aromatic nitrogens is 2. The number of carbonyl (C=O) groups excluding carboxylic acids is 1. The van der Waals surface area contributed by atoms with Crippen molar-refractivity contribution in [1.29, 1.82) is 0 Å². The van der Waals surface area contributed by atoms with Crippen LogP contribution in [0.1, 0.15) is 56.5 Å². The minimum Gasteiger partial charge on any atom is -0.348 e. The number of amides is 1. The van der Waals surface area contributed by atoms with Crippen LogP contribution in [-0.4, -0.2) is 27.7 Å². The predicted molar refractivity (Wildman–Crippen MR) is 104 cm³/mol. The van der Waals surface area contributed by atoms with Gasteiger partial charge in [-0.05, 0) is 48.6 Å². The van der Waals surface area contributed by atoms with Crippen molar-refractivity contribution in [2.24, 2.45) is 0 Å². The number of thioether (sulfide) groups is 1. The van der Waals surface area contributed by atoms with Gasteiger partial charge < -0.3 is 5.32 Å². The average molecular weight is 358 g/mol. The quantitative estimate of drug-likeness (QED) is 0.899. The van der Waals surface area contributed by atoms with Crippen LogP contribution < -0.4 is 5.32 Å². The molecule has 0 radical (unpaired) electrons. The van der Waals surface area contributed by atoms with Gasteiger partial charge in [-0.15, -0.1) is 0 Å².